The quantitative estimate of drug-likeness (QED) is 0.168. The van der Waals surface area contributed by atoms with Crippen LogP contribution in [0.4, 0.5) is 9.59 Å². The van der Waals surface area contributed by atoms with Crippen LogP contribution in [-0.2, 0) is 22.7 Å². The van der Waals surface area contributed by atoms with E-state index in [1.54, 1.807) is 24.3 Å². The number of nitrogens with zero attached hydrogens (tertiary/aromatic N) is 2. The van der Waals surface area contributed by atoms with Crippen molar-refractivity contribution in [1.82, 2.24) is 9.46 Å². The fraction of sp³-hybridized carbons (Fsp3) is 0.0833. The van der Waals surface area contributed by atoms with Crippen molar-refractivity contribution in [1.29, 1.82) is 0 Å². The number of carbonyl (C=O) groups excluding carboxylic acids is 2. The molecule has 0 spiro atoms. The van der Waals surface area contributed by atoms with E-state index in [4.69, 9.17) is 19.1 Å². The summed E-state index contributed by atoms with van der Waals surface area (Å²) in [6, 6.07) is 19.2. The first kappa shape index (κ1) is 26.5. The van der Waals surface area contributed by atoms with Gasteiger partial charge >= 0.3 is 12.3 Å². The smallest absolute Gasteiger partial charge is 0.492 e. The molecule has 14 heteroatoms. The highest BCUT2D eigenvalue weighted by molar-refractivity contribution is 8.76. The molecule has 0 aliphatic heterocycles. The Labute approximate surface area is 222 Å². The van der Waals surface area contributed by atoms with Gasteiger partial charge in [0.1, 0.15) is 13.2 Å². The second-order valence-corrected chi connectivity index (χ2v) is 9.68. The van der Waals surface area contributed by atoms with Crippen LogP contribution in [0.3, 0.4) is 0 Å². The number of rotatable bonds is 9. The normalized spacial score (nSPS) is 10.6. The monoisotopic (exact) mass is 560 g/mol. The van der Waals surface area contributed by atoms with Gasteiger partial charge < -0.3 is 29.9 Å². The van der Waals surface area contributed by atoms with E-state index < -0.39 is 35.8 Å². The van der Waals surface area contributed by atoms with Crippen molar-refractivity contribution < 1.29 is 49.2 Å². The van der Waals surface area contributed by atoms with E-state index >= 15 is 0 Å². The van der Waals surface area contributed by atoms with E-state index in [0.29, 0.717) is 20.6 Å². The predicted octanol–water partition coefficient (Wildman–Crippen LogP) is 4.44. The zero-order chi connectivity index (χ0) is 27.1. The zero-order valence-corrected chi connectivity index (χ0v) is 20.9. The van der Waals surface area contributed by atoms with Crippen LogP contribution in [0.2, 0.25) is 0 Å². The van der Waals surface area contributed by atoms with Gasteiger partial charge in [-0.25, -0.2) is 9.59 Å². The highest BCUT2D eigenvalue weighted by Crippen LogP contribution is 2.37. The molecule has 2 aromatic heterocycles. The van der Waals surface area contributed by atoms with Gasteiger partial charge in [-0.1, -0.05) is 45.9 Å². The van der Waals surface area contributed by atoms with Gasteiger partial charge in [0.25, 0.3) is 0 Å². The fourth-order valence-electron chi connectivity index (χ4n) is 2.86. The lowest BCUT2D eigenvalue weighted by Gasteiger charge is -2.08. The lowest BCUT2D eigenvalue weighted by molar-refractivity contribution is 0.0306. The number of benzene rings is 2. The predicted molar refractivity (Wildman–Crippen MR) is 134 cm³/mol. The van der Waals surface area contributed by atoms with Crippen molar-refractivity contribution in [3.8, 4) is 23.5 Å². The van der Waals surface area contributed by atoms with Gasteiger partial charge in [-0.15, -0.1) is 9.46 Å². The molecule has 4 N–H and O–H groups in total. The summed E-state index contributed by atoms with van der Waals surface area (Å²) in [7, 11) is 3.02. The number of ether oxygens (including phenoxy) is 2. The third-order valence-corrected chi connectivity index (χ3v) is 7.14. The van der Waals surface area contributed by atoms with Gasteiger partial charge in [0, 0.05) is 34.1 Å². The molecule has 0 saturated carbocycles. The molecule has 4 aromatic rings. The lowest BCUT2D eigenvalue weighted by atomic mass is 10.2. The van der Waals surface area contributed by atoms with Gasteiger partial charge in [0.05, 0.1) is 0 Å². The Hall–Kier alpha value is -4.56. The van der Waals surface area contributed by atoms with Crippen LogP contribution in [0.25, 0.3) is 0 Å². The number of aromatic hydroxyl groups is 4. The highest BCUT2D eigenvalue weighted by atomic mass is 33.1. The molecule has 0 aliphatic carbocycles. The molecule has 0 aliphatic rings. The Morgan fingerprint density at radius 2 is 0.868 bits per heavy atom. The van der Waals surface area contributed by atoms with E-state index in [-0.39, 0.29) is 13.2 Å². The van der Waals surface area contributed by atoms with Crippen LogP contribution in [0.15, 0.2) is 82.6 Å². The maximum atomic E-state index is 11.8. The first-order chi connectivity index (χ1) is 18.3. The lowest BCUT2D eigenvalue weighted by Crippen LogP contribution is -2.20. The Morgan fingerprint density at radius 3 is 1.18 bits per heavy atom. The van der Waals surface area contributed by atoms with Crippen LogP contribution in [-0.4, -0.2) is 42.2 Å². The highest BCUT2D eigenvalue weighted by Gasteiger charge is 2.14. The molecule has 38 heavy (non-hydrogen) atoms. The maximum absolute atomic E-state index is 11.8. The van der Waals surface area contributed by atoms with Crippen molar-refractivity contribution >= 4 is 33.9 Å². The topological polar surface area (TPSA) is 162 Å². The second-order valence-electron chi connectivity index (χ2n) is 7.40. The summed E-state index contributed by atoms with van der Waals surface area (Å²) in [5, 5.41) is 37.9. The minimum Gasteiger partial charge on any atom is -0.492 e. The maximum Gasteiger partial charge on any atom is 0.534 e. The van der Waals surface area contributed by atoms with E-state index in [0.717, 1.165) is 34.1 Å². The summed E-state index contributed by atoms with van der Waals surface area (Å²) in [5.74, 6) is -1.78. The summed E-state index contributed by atoms with van der Waals surface area (Å²) in [6.07, 6.45) is -2.18. The van der Waals surface area contributed by atoms with Crippen molar-refractivity contribution in [3.63, 3.8) is 0 Å². The van der Waals surface area contributed by atoms with Crippen molar-refractivity contribution in [2.75, 3.05) is 0 Å². The van der Waals surface area contributed by atoms with Crippen molar-refractivity contribution in [2.24, 2.45) is 0 Å². The molecule has 2 heterocycles. The van der Waals surface area contributed by atoms with Gasteiger partial charge in [-0.3, -0.25) is 9.68 Å². The molecular formula is C24H20N2O10S2. The zero-order valence-electron chi connectivity index (χ0n) is 19.3. The summed E-state index contributed by atoms with van der Waals surface area (Å²) in [4.78, 5) is 34.8. The second kappa shape index (κ2) is 12.1. The number of hydrogen-bond donors (Lipinski definition) is 4. The van der Waals surface area contributed by atoms with Crippen molar-refractivity contribution in [3.05, 3.63) is 83.9 Å². The Bertz CT molecular complexity index is 1250. The number of hydrogen-bond acceptors (Lipinski definition) is 12. The SMILES string of the molecule is O=C(OCc1ccc(SSc2ccc(COC(=O)On3c(O)ccc3O)cc2)cc1)On1c(O)ccc1O. The molecule has 0 bridgehead atoms. The number of carbonyl (C=O) groups is 2. The van der Waals surface area contributed by atoms with Gasteiger partial charge in [0.15, 0.2) is 0 Å². The molecule has 12 nitrogen and oxygen atoms in total. The minimum absolute atomic E-state index is 0.0649. The van der Waals surface area contributed by atoms with E-state index in [2.05, 4.69) is 0 Å². The molecule has 4 rings (SSSR count). The van der Waals surface area contributed by atoms with Crippen LogP contribution >= 0.6 is 21.6 Å². The average Bonchev–Trinajstić information content (AvgIpc) is 3.41. The van der Waals surface area contributed by atoms with Crippen molar-refractivity contribution in [2.45, 2.75) is 23.0 Å². The molecule has 0 unspecified atom stereocenters. The summed E-state index contributed by atoms with van der Waals surface area (Å²) >= 11 is 0. The molecule has 198 valence electrons. The van der Waals surface area contributed by atoms with E-state index in [1.807, 2.05) is 24.3 Å². The minimum atomic E-state index is -1.09. The summed E-state index contributed by atoms with van der Waals surface area (Å²) in [6.45, 7) is -0.130. The van der Waals surface area contributed by atoms with E-state index in [1.165, 1.54) is 21.6 Å². The van der Waals surface area contributed by atoms with Gasteiger partial charge in [-0.2, -0.15) is 0 Å². The van der Waals surface area contributed by atoms with Crippen LogP contribution < -0.4 is 9.68 Å². The summed E-state index contributed by atoms with van der Waals surface area (Å²) < 4.78 is 11.0. The molecule has 2 aromatic carbocycles. The van der Waals surface area contributed by atoms with E-state index in [9.17, 15) is 30.0 Å². The Morgan fingerprint density at radius 1 is 0.553 bits per heavy atom. The first-order valence-corrected chi connectivity index (χ1v) is 12.9. The van der Waals surface area contributed by atoms with Crippen LogP contribution in [0.5, 0.6) is 23.5 Å². The molecule has 0 atom stereocenters. The fourth-order valence-corrected chi connectivity index (χ4v) is 4.79. The first-order valence-electron chi connectivity index (χ1n) is 10.7. The Balaban J connectivity index is 1.18. The molecule has 0 radical (unpaired) electrons. The average molecular weight is 561 g/mol. The Kier molecular flexibility index (Phi) is 8.45. The van der Waals surface area contributed by atoms with Crippen LogP contribution in [0.1, 0.15) is 11.1 Å². The van der Waals surface area contributed by atoms with Gasteiger partial charge in [-0.05, 0) is 35.4 Å². The van der Waals surface area contributed by atoms with Gasteiger partial charge in [0.2, 0.25) is 23.5 Å². The molecule has 0 saturated heterocycles. The third-order valence-electron chi connectivity index (χ3n) is 4.72. The van der Waals surface area contributed by atoms with Crippen LogP contribution in [0, 0.1) is 0 Å². The molecule has 0 amide bonds. The largest absolute Gasteiger partial charge is 0.534 e. The summed E-state index contributed by atoms with van der Waals surface area (Å²) in [5.41, 5.74) is 1.42. The standard InChI is InChI=1S/C24H20N2O10S2/c27-19-9-10-20(28)25(19)35-23(31)33-13-15-1-5-17(6-2-15)37-38-18-7-3-16(4-8-18)14-34-24(32)36-26-21(29)11-12-22(26)30/h1-12,27-30H,13-14H2. The molecule has 0 fully saturated rings. The molecular weight excluding hydrogens is 540 g/mol. The third kappa shape index (κ3) is 7.02. The number of aromatic nitrogens is 2.